The predicted octanol–water partition coefficient (Wildman–Crippen LogP) is 4.44. The fourth-order valence-corrected chi connectivity index (χ4v) is 2.66. The summed E-state index contributed by atoms with van der Waals surface area (Å²) < 4.78 is 30.5. The van der Waals surface area contributed by atoms with E-state index in [1.165, 1.54) is 12.1 Å². The number of aromatic nitrogens is 3. The quantitative estimate of drug-likeness (QED) is 0.743. The van der Waals surface area contributed by atoms with E-state index in [-0.39, 0.29) is 5.75 Å². The van der Waals surface area contributed by atoms with Crippen LogP contribution in [0.2, 0.25) is 0 Å². The molecule has 25 heavy (non-hydrogen) atoms. The number of pyridine rings is 1. The van der Waals surface area contributed by atoms with Crippen LogP contribution in [0.25, 0.3) is 11.3 Å². The van der Waals surface area contributed by atoms with Crippen LogP contribution in [0.5, 0.6) is 5.75 Å². The second-order valence-corrected chi connectivity index (χ2v) is 5.61. The van der Waals surface area contributed by atoms with Crippen molar-refractivity contribution in [2.75, 3.05) is 5.32 Å². The third-order valence-corrected chi connectivity index (χ3v) is 3.87. The summed E-state index contributed by atoms with van der Waals surface area (Å²) in [5.41, 5.74) is 4.51. The van der Waals surface area contributed by atoms with Gasteiger partial charge in [0.15, 0.2) is 0 Å². The van der Waals surface area contributed by atoms with Gasteiger partial charge in [0.2, 0.25) is 0 Å². The molecule has 2 heterocycles. The minimum atomic E-state index is -2.83. The van der Waals surface area contributed by atoms with Crippen molar-refractivity contribution in [3.05, 3.63) is 53.9 Å². The molecule has 0 aliphatic rings. The van der Waals surface area contributed by atoms with E-state index in [1.54, 1.807) is 12.1 Å². The first kappa shape index (κ1) is 16.9. The lowest BCUT2D eigenvalue weighted by molar-refractivity contribution is -0.0498. The van der Waals surface area contributed by atoms with Crippen molar-refractivity contribution >= 4 is 11.5 Å². The molecule has 0 atom stereocenters. The topological polar surface area (TPSA) is 52.0 Å². The van der Waals surface area contributed by atoms with Gasteiger partial charge in [0.05, 0.1) is 11.4 Å². The molecular formula is C18H18F2N4O. The molecule has 2 aromatic heterocycles. The molecule has 0 spiro atoms. The average molecular weight is 344 g/mol. The van der Waals surface area contributed by atoms with E-state index >= 15 is 0 Å². The minimum Gasteiger partial charge on any atom is -0.435 e. The van der Waals surface area contributed by atoms with Crippen LogP contribution in [0.3, 0.4) is 0 Å². The number of benzene rings is 1. The fourth-order valence-electron chi connectivity index (χ4n) is 2.66. The number of ether oxygens (including phenoxy) is 1. The highest BCUT2D eigenvalue weighted by molar-refractivity contribution is 5.68. The van der Waals surface area contributed by atoms with Crippen LogP contribution in [-0.4, -0.2) is 21.4 Å². The number of rotatable bonds is 5. The van der Waals surface area contributed by atoms with Gasteiger partial charge < -0.3 is 10.1 Å². The molecule has 1 aromatic carbocycles. The van der Waals surface area contributed by atoms with Crippen molar-refractivity contribution < 1.29 is 13.5 Å². The molecule has 0 saturated heterocycles. The second kappa shape index (κ2) is 6.88. The molecule has 1 N–H and O–H groups in total. The molecule has 0 aliphatic carbocycles. The first-order chi connectivity index (χ1) is 11.9. The molecule has 0 bridgehead atoms. The first-order valence-electron chi connectivity index (χ1n) is 7.73. The lowest BCUT2D eigenvalue weighted by Crippen LogP contribution is -2.01. The Morgan fingerprint density at radius 2 is 1.80 bits per heavy atom. The molecule has 3 aromatic rings. The molecule has 0 aliphatic heterocycles. The molecule has 0 saturated carbocycles. The third kappa shape index (κ3) is 3.76. The number of halogens is 2. The highest BCUT2D eigenvalue weighted by atomic mass is 19.3. The summed E-state index contributed by atoms with van der Waals surface area (Å²) in [6, 6.07) is 12.0. The Balaban J connectivity index is 1.82. The van der Waals surface area contributed by atoms with Gasteiger partial charge in [-0.05, 0) is 50.2 Å². The standard InChI is InChI=1S/C18H18F2N4O/c1-11-17(12(2)24(3)23-11)15-5-4-6-16(22-15)21-13-7-9-14(10-8-13)25-18(19)20/h4-10,18H,1-3H3,(H,21,22). The van der Waals surface area contributed by atoms with Crippen molar-refractivity contribution in [1.29, 1.82) is 0 Å². The maximum absolute atomic E-state index is 12.2. The summed E-state index contributed by atoms with van der Waals surface area (Å²) in [5, 5.41) is 7.57. The Kier molecular flexibility index (Phi) is 4.65. The molecular weight excluding hydrogens is 326 g/mol. The van der Waals surface area contributed by atoms with E-state index in [4.69, 9.17) is 0 Å². The monoisotopic (exact) mass is 344 g/mol. The smallest absolute Gasteiger partial charge is 0.387 e. The van der Waals surface area contributed by atoms with Crippen molar-refractivity contribution in [2.45, 2.75) is 20.5 Å². The fraction of sp³-hybridized carbons (Fsp3) is 0.222. The molecule has 0 fully saturated rings. The van der Waals surface area contributed by atoms with Gasteiger partial charge >= 0.3 is 6.61 Å². The summed E-state index contributed by atoms with van der Waals surface area (Å²) in [6.45, 7) is 1.12. The van der Waals surface area contributed by atoms with Crippen LogP contribution in [0, 0.1) is 13.8 Å². The Hall–Kier alpha value is -2.96. The van der Waals surface area contributed by atoms with E-state index in [0.717, 1.165) is 28.3 Å². The van der Waals surface area contributed by atoms with E-state index in [0.29, 0.717) is 5.82 Å². The zero-order chi connectivity index (χ0) is 18.0. The van der Waals surface area contributed by atoms with Gasteiger partial charge in [-0.15, -0.1) is 0 Å². The van der Waals surface area contributed by atoms with Crippen molar-refractivity contribution in [3.8, 4) is 17.0 Å². The van der Waals surface area contributed by atoms with Crippen molar-refractivity contribution in [2.24, 2.45) is 7.05 Å². The number of nitrogens with one attached hydrogen (secondary N) is 1. The molecule has 7 heteroatoms. The van der Waals surface area contributed by atoms with Crippen LogP contribution in [0.1, 0.15) is 11.4 Å². The number of nitrogens with zero attached hydrogens (tertiary/aromatic N) is 3. The lowest BCUT2D eigenvalue weighted by atomic mass is 10.1. The number of aryl methyl sites for hydroxylation is 2. The van der Waals surface area contributed by atoms with Gasteiger partial charge in [0.1, 0.15) is 11.6 Å². The SMILES string of the molecule is Cc1nn(C)c(C)c1-c1cccc(Nc2ccc(OC(F)F)cc2)n1. The molecule has 0 unspecified atom stereocenters. The molecule has 0 amide bonds. The highest BCUT2D eigenvalue weighted by Crippen LogP contribution is 2.27. The van der Waals surface area contributed by atoms with E-state index in [2.05, 4.69) is 20.1 Å². The van der Waals surface area contributed by atoms with Crippen LogP contribution in [0.15, 0.2) is 42.5 Å². The van der Waals surface area contributed by atoms with Crippen LogP contribution in [-0.2, 0) is 7.05 Å². The molecule has 3 rings (SSSR count). The average Bonchev–Trinajstić information content (AvgIpc) is 2.82. The van der Waals surface area contributed by atoms with E-state index in [1.807, 2.05) is 43.8 Å². The van der Waals surface area contributed by atoms with Gasteiger partial charge in [0.25, 0.3) is 0 Å². The highest BCUT2D eigenvalue weighted by Gasteiger charge is 2.13. The minimum absolute atomic E-state index is 0.115. The largest absolute Gasteiger partial charge is 0.435 e. The number of alkyl halides is 2. The van der Waals surface area contributed by atoms with E-state index < -0.39 is 6.61 Å². The van der Waals surface area contributed by atoms with Crippen molar-refractivity contribution in [3.63, 3.8) is 0 Å². The maximum Gasteiger partial charge on any atom is 0.387 e. The molecule has 5 nitrogen and oxygen atoms in total. The Labute approximate surface area is 144 Å². The Morgan fingerprint density at radius 3 is 2.40 bits per heavy atom. The van der Waals surface area contributed by atoms with Crippen LogP contribution < -0.4 is 10.1 Å². The summed E-state index contributed by atoms with van der Waals surface area (Å²) in [4.78, 5) is 4.63. The number of hydrogen-bond donors (Lipinski definition) is 1. The van der Waals surface area contributed by atoms with Gasteiger partial charge in [-0.1, -0.05) is 6.07 Å². The third-order valence-electron chi connectivity index (χ3n) is 3.87. The normalized spacial score (nSPS) is 11.0. The zero-order valence-corrected chi connectivity index (χ0v) is 14.1. The van der Waals surface area contributed by atoms with Gasteiger partial charge in [-0.3, -0.25) is 4.68 Å². The summed E-state index contributed by atoms with van der Waals surface area (Å²) in [7, 11) is 1.90. The molecule has 130 valence electrons. The number of anilines is 2. The van der Waals surface area contributed by atoms with Crippen LogP contribution in [0.4, 0.5) is 20.3 Å². The predicted molar refractivity (Wildman–Crippen MR) is 92.3 cm³/mol. The van der Waals surface area contributed by atoms with Gasteiger partial charge in [-0.25, -0.2) is 4.98 Å². The lowest BCUT2D eigenvalue weighted by Gasteiger charge is -2.09. The number of hydrogen-bond acceptors (Lipinski definition) is 4. The summed E-state index contributed by atoms with van der Waals surface area (Å²) in [5.74, 6) is 0.770. The second-order valence-electron chi connectivity index (χ2n) is 5.61. The first-order valence-corrected chi connectivity index (χ1v) is 7.73. The van der Waals surface area contributed by atoms with Crippen molar-refractivity contribution in [1.82, 2.24) is 14.8 Å². The molecule has 0 radical (unpaired) electrons. The summed E-state index contributed by atoms with van der Waals surface area (Å²) >= 11 is 0. The van der Waals surface area contributed by atoms with Crippen LogP contribution >= 0.6 is 0 Å². The zero-order valence-electron chi connectivity index (χ0n) is 14.1. The van der Waals surface area contributed by atoms with E-state index in [9.17, 15) is 8.78 Å². The Bertz CT molecular complexity index is 875. The van der Waals surface area contributed by atoms with Gasteiger partial charge in [0, 0.05) is 24.0 Å². The summed E-state index contributed by atoms with van der Waals surface area (Å²) in [6.07, 6.45) is 0. The maximum atomic E-state index is 12.2. The Morgan fingerprint density at radius 1 is 1.08 bits per heavy atom. The van der Waals surface area contributed by atoms with Gasteiger partial charge in [-0.2, -0.15) is 13.9 Å².